The normalized spacial score (nSPS) is 35.0. The van der Waals surface area contributed by atoms with Crippen LogP contribution in [-0.2, 0) is 30.5 Å². The van der Waals surface area contributed by atoms with E-state index in [1.807, 2.05) is 0 Å². The lowest BCUT2D eigenvalue weighted by Gasteiger charge is -2.34. The van der Waals surface area contributed by atoms with Gasteiger partial charge in [0.1, 0.15) is 29.7 Å². The number of aromatic amines is 1. The van der Waals surface area contributed by atoms with E-state index in [9.17, 15) is 19.9 Å². The van der Waals surface area contributed by atoms with Gasteiger partial charge < -0.3 is 45.3 Å². The number of hydrogen-bond donors (Lipinski definition) is 6. The van der Waals surface area contributed by atoms with E-state index in [0.717, 1.165) is 0 Å². The summed E-state index contributed by atoms with van der Waals surface area (Å²) in [6, 6.07) is 0. The highest BCUT2D eigenvalue weighted by Crippen LogP contribution is 2.80. The first-order valence-corrected chi connectivity index (χ1v) is 15.9. The second-order valence-electron chi connectivity index (χ2n) is 11.1. The van der Waals surface area contributed by atoms with Crippen LogP contribution < -0.4 is 17.0 Å². The average molecular weight is 637 g/mol. The minimum absolute atomic E-state index is 0.0236. The summed E-state index contributed by atoms with van der Waals surface area (Å²) < 4.78 is 27.2. The van der Waals surface area contributed by atoms with Crippen LogP contribution in [0.1, 0.15) is 25.8 Å². The van der Waals surface area contributed by atoms with Crippen molar-refractivity contribution < 1.29 is 33.8 Å². The van der Waals surface area contributed by atoms with Gasteiger partial charge in [0.2, 0.25) is 5.95 Å². The maximum atomic E-state index is 12.4. The number of methoxy groups -OCH3 is 1. The van der Waals surface area contributed by atoms with Gasteiger partial charge in [-0.3, -0.25) is 18.9 Å². The third-order valence-electron chi connectivity index (χ3n) is 8.69. The zero-order chi connectivity index (χ0) is 30.5. The highest BCUT2D eigenvalue weighted by Gasteiger charge is 2.76. The largest absolute Gasteiger partial charge is 0.394 e. The van der Waals surface area contributed by atoms with Gasteiger partial charge in [0, 0.05) is 13.0 Å². The number of aliphatic hydroxyl groups excluding tert-OH is 2. The number of imidazole rings is 2. The van der Waals surface area contributed by atoms with Crippen LogP contribution in [-0.4, -0.2) is 104 Å². The molecule has 2 aliphatic heterocycles. The van der Waals surface area contributed by atoms with E-state index in [-0.39, 0.29) is 42.1 Å². The van der Waals surface area contributed by atoms with Crippen molar-refractivity contribution in [2.75, 3.05) is 31.8 Å². The molecule has 230 valence electrons. The van der Waals surface area contributed by atoms with E-state index >= 15 is 0 Å². The molecular weight excluding hydrogens is 607 g/mol. The Morgan fingerprint density at radius 2 is 1.95 bits per heavy atom. The van der Waals surface area contributed by atoms with Crippen molar-refractivity contribution >= 4 is 52.4 Å². The summed E-state index contributed by atoms with van der Waals surface area (Å²) in [6.45, 7) is -2.82. The van der Waals surface area contributed by atoms with Gasteiger partial charge in [-0.25, -0.2) is 19.9 Å². The van der Waals surface area contributed by atoms with E-state index in [1.165, 1.54) is 30.7 Å². The standard InChI is InChI=1S/C23H29N10O8PS/c1-22(14(35)13(38-2)19(41-22)32-7-28-11-15(24)26-6-27-16(11)32)5-39-42(37,43)23-3-9(23)10(4-34)40-20(23)33-8-29-12-17(33)30-21(25)31-18(12)36/h6-10,13-14,19-20,34-35H,3-5H2,1-2H3,(H,37,43)(H2,24,26,27)(H3,25,30,31,36)/t9-,10+,13+,14-,19+,20+,22?,23-,42?/m0/s1. The van der Waals surface area contributed by atoms with Gasteiger partial charge in [-0.15, -0.1) is 0 Å². The lowest BCUT2D eigenvalue weighted by atomic mass is 9.98. The van der Waals surface area contributed by atoms with Gasteiger partial charge in [0.25, 0.3) is 5.56 Å². The monoisotopic (exact) mass is 636 g/mol. The number of rotatable bonds is 8. The molecule has 9 atom stereocenters. The number of aromatic nitrogens is 8. The van der Waals surface area contributed by atoms with Crippen molar-refractivity contribution in [3.63, 3.8) is 0 Å². The molecule has 2 unspecified atom stereocenters. The Morgan fingerprint density at radius 3 is 2.70 bits per heavy atom. The van der Waals surface area contributed by atoms with Gasteiger partial charge in [0.15, 0.2) is 41.6 Å². The first kappa shape index (κ1) is 28.6. The Bertz CT molecular complexity index is 1850. The molecule has 0 radical (unpaired) electrons. The van der Waals surface area contributed by atoms with Crippen LogP contribution in [0, 0.1) is 5.92 Å². The van der Waals surface area contributed by atoms with Crippen molar-refractivity contribution in [1.29, 1.82) is 0 Å². The number of H-pyrrole nitrogens is 1. The second-order valence-corrected chi connectivity index (χ2v) is 14.7. The first-order valence-electron chi connectivity index (χ1n) is 13.2. The number of hydrogen-bond acceptors (Lipinski definition) is 15. The molecular formula is C23H29N10O8PS. The van der Waals surface area contributed by atoms with Crippen LogP contribution in [0.5, 0.6) is 0 Å². The summed E-state index contributed by atoms with van der Waals surface area (Å²) in [4.78, 5) is 47.5. The Morgan fingerprint density at radius 1 is 1.21 bits per heavy atom. The SMILES string of the molecule is CO[C@H]1[C@H](n2cnc3c(N)ncnc32)OC(C)(COP(O)(=S)[C@@]23C[C@H]2[C@@H](CO)O[C@H]3n2cnc3c(=O)[nH]c(N)nc32)[C@H]1O. The number of nitrogens with zero attached hydrogens (tertiary/aromatic N) is 7. The number of nitrogens with two attached hydrogens (primary N) is 2. The zero-order valence-corrected chi connectivity index (χ0v) is 24.6. The Labute approximate surface area is 247 Å². The molecule has 18 nitrogen and oxygen atoms in total. The lowest BCUT2D eigenvalue weighted by Crippen LogP contribution is -2.45. The number of ether oxygens (including phenoxy) is 3. The highest BCUT2D eigenvalue weighted by molar-refractivity contribution is 8.10. The minimum Gasteiger partial charge on any atom is -0.394 e. The maximum absolute atomic E-state index is 12.4. The van der Waals surface area contributed by atoms with E-state index in [2.05, 4.69) is 29.9 Å². The molecule has 3 fully saturated rings. The summed E-state index contributed by atoms with van der Waals surface area (Å²) >= 11 is 5.77. The van der Waals surface area contributed by atoms with Crippen LogP contribution >= 0.6 is 6.49 Å². The van der Waals surface area contributed by atoms with Crippen LogP contribution in [0.3, 0.4) is 0 Å². The van der Waals surface area contributed by atoms with Gasteiger partial charge in [-0.2, -0.15) is 4.98 Å². The number of aliphatic hydroxyl groups is 2. The number of anilines is 2. The first-order chi connectivity index (χ1) is 20.5. The van der Waals surface area contributed by atoms with Gasteiger partial charge in [-0.1, -0.05) is 0 Å². The average Bonchev–Trinajstić information content (AvgIpc) is 3.25. The molecule has 8 N–H and O–H groups in total. The van der Waals surface area contributed by atoms with E-state index < -0.39 is 53.6 Å². The fourth-order valence-corrected chi connectivity index (χ4v) is 9.56. The lowest BCUT2D eigenvalue weighted by molar-refractivity contribution is -0.112. The quantitative estimate of drug-likeness (QED) is 0.124. The molecule has 1 saturated carbocycles. The molecule has 4 aromatic heterocycles. The summed E-state index contributed by atoms with van der Waals surface area (Å²) in [5.74, 6) is -0.289. The smallest absolute Gasteiger partial charge is 0.280 e. The van der Waals surface area contributed by atoms with Gasteiger partial charge >= 0.3 is 0 Å². The molecule has 0 aromatic carbocycles. The van der Waals surface area contributed by atoms with Crippen LogP contribution in [0.4, 0.5) is 11.8 Å². The Hall–Kier alpha value is -3.13. The van der Waals surface area contributed by atoms with E-state index in [1.54, 1.807) is 11.5 Å². The molecule has 3 aliphatic rings. The highest BCUT2D eigenvalue weighted by atomic mass is 32.5. The van der Waals surface area contributed by atoms with Gasteiger partial charge in [0.05, 0.1) is 37.1 Å². The Kier molecular flexibility index (Phi) is 6.45. The molecule has 0 bridgehead atoms. The second kappa shape index (κ2) is 9.68. The molecule has 7 rings (SSSR count). The predicted molar refractivity (Wildman–Crippen MR) is 152 cm³/mol. The fraction of sp³-hybridized carbons (Fsp3) is 0.565. The molecule has 20 heteroatoms. The molecule has 0 spiro atoms. The summed E-state index contributed by atoms with van der Waals surface area (Å²) in [7, 11) is 1.43. The van der Waals surface area contributed by atoms with Crippen molar-refractivity contribution in [3.8, 4) is 0 Å². The minimum atomic E-state index is -3.79. The summed E-state index contributed by atoms with van der Waals surface area (Å²) in [5.41, 5.74) is 10.7. The van der Waals surface area contributed by atoms with Crippen LogP contribution in [0.25, 0.3) is 22.3 Å². The predicted octanol–water partition coefficient (Wildman–Crippen LogP) is -1.25. The number of fused-ring (bicyclic) bond motifs is 3. The van der Waals surface area contributed by atoms with Crippen LogP contribution in [0.15, 0.2) is 23.8 Å². The molecule has 2 saturated heterocycles. The molecule has 43 heavy (non-hydrogen) atoms. The van der Waals surface area contributed by atoms with E-state index in [0.29, 0.717) is 17.6 Å². The maximum Gasteiger partial charge on any atom is 0.280 e. The van der Waals surface area contributed by atoms with Crippen LogP contribution in [0.2, 0.25) is 0 Å². The van der Waals surface area contributed by atoms with Crippen molar-refractivity contribution in [1.82, 2.24) is 39.0 Å². The van der Waals surface area contributed by atoms with Gasteiger partial charge in [-0.05, 0) is 25.2 Å². The van der Waals surface area contributed by atoms with Crippen molar-refractivity contribution in [3.05, 3.63) is 29.3 Å². The molecule has 1 aliphatic carbocycles. The Balaban J connectivity index is 1.19. The van der Waals surface area contributed by atoms with Crippen molar-refractivity contribution in [2.24, 2.45) is 5.92 Å². The van der Waals surface area contributed by atoms with E-state index in [4.69, 9.17) is 42.0 Å². The molecule has 0 amide bonds. The fourth-order valence-electron chi connectivity index (χ4n) is 6.35. The van der Waals surface area contributed by atoms with Crippen molar-refractivity contribution in [2.45, 2.75) is 54.9 Å². The molecule has 4 aromatic rings. The third-order valence-corrected chi connectivity index (χ3v) is 12.3. The number of nitrogens with one attached hydrogen (secondary N) is 1. The summed E-state index contributed by atoms with van der Waals surface area (Å²) in [6.07, 6.45) is -0.117. The summed E-state index contributed by atoms with van der Waals surface area (Å²) in [5, 5.41) is 20.2. The topological polar surface area (TPSA) is 257 Å². The number of nitrogen functional groups attached to an aromatic ring is 2. The zero-order valence-electron chi connectivity index (χ0n) is 22.8. The third kappa shape index (κ3) is 4.00. The molecule has 6 heterocycles.